The Bertz CT molecular complexity index is 702. The zero-order valence-corrected chi connectivity index (χ0v) is 14.1. The molecule has 0 unspecified atom stereocenters. The van der Waals surface area contributed by atoms with Crippen molar-refractivity contribution in [3.05, 3.63) is 34.7 Å². The predicted molar refractivity (Wildman–Crippen MR) is 86.3 cm³/mol. The van der Waals surface area contributed by atoms with E-state index in [2.05, 4.69) is 10.5 Å². The molecule has 0 bridgehead atoms. The lowest BCUT2D eigenvalue weighted by molar-refractivity contribution is 0.219. The average molecular weight is 340 g/mol. The average Bonchev–Trinajstić information content (AvgIpc) is 2.93. The lowest BCUT2D eigenvalue weighted by Gasteiger charge is -2.18. The first-order chi connectivity index (χ1) is 10.9. The number of anilines is 1. The van der Waals surface area contributed by atoms with E-state index in [1.165, 1.54) is 19.1 Å². The first-order valence-corrected chi connectivity index (χ1v) is 7.18. The van der Waals surface area contributed by atoms with Gasteiger partial charge >= 0.3 is 6.03 Å². The van der Waals surface area contributed by atoms with Crippen LogP contribution in [-0.4, -0.2) is 37.4 Å². The number of aryl methyl sites for hydroxylation is 1. The molecule has 1 aromatic carbocycles. The third kappa shape index (κ3) is 4.07. The van der Waals surface area contributed by atoms with Crippen LogP contribution in [0.25, 0.3) is 0 Å². The fourth-order valence-electron chi connectivity index (χ4n) is 1.98. The van der Waals surface area contributed by atoms with Crippen molar-refractivity contribution in [1.82, 2.24) is 10.1 Å². The second kappa shape index (κ2) is 7.23. The highest BCUT2D eigenvalue weighted by Gasteiger charge is 2.16. The molecule has 23 heavy (non-hydrogen) atoms. The third-order valence-electron chi connectivity index (χ3n) is 3.14. The number of nitrogens with zero attached hydrogens (tertiary/aromatic N) is 2. The van der Waals surface area contributed by atoms with Gasteiger partial charge in [-0.3, -0.25) is 0 Å². The summed E-state index contributed by atoms with van der Waals surface area (Å²) in [5, 5.41) is 7.01. The quantitative estimate of drug-likeness (QED) is 0.904. The van der Waals surface area contributed by atoms with Gasteiger partial charge in [0.1, 0.15) is 23.0 Å². The van der Waals surface area contributed by atoms with E-state index in [-0.39, 0.29) is 6.03 Å². The highest BCUT2D eigenvalue weighted by atomic mass is 35.5. The van der Waals surface area contributed by atoms with Gasteiger partial charge in [0.25, 0.3) is 0 Å². The molecule has 0 spiro atoms. The number of amides is 2. The van der Waals surface area contributed by atoms with E-state index in [1.807, 2.05) is 0 Å². The predicted octanol–water partition coefficient (Wildman–Crippen LogP) is 3.32. The fraction of sp³-hybridized carbons (Fsp3) is 0.333. The van der Waals surface area contributed by atoms with Crippen molar-refractivity contribution in [2.24, 2.45) is 0 Å². The summed E-state index contributed by atoms with van der Waals surface area (Å²) in [5.74, 6) is 1.57. The molecule has 0 aliphatic carbocycles. The third-order valence-corrected chi connectivity index (χ3v) is 3.43. The van der Waals surface area contributed by atoms with Gasteiger partial charge in [0.15, 0.2) is 0 Å². The number of hydrogen-bond acceptors (Lipinski definition) is 5. The fourth-order valence-corrected chi connectivity index (χ4v) is 2.21. The Morgan fingerprint density at radius 2 is 2.00 bits per heavy atom. The Morgan fingerprint density at radius 3 is 2.57 bits per heavy atom. The van der Waals surface area contributed by atoms with Crippen LogP contribution in [0.4, 0.5) is 10.5 Å². The summed E-state index contributed by atoms with van der Waals surface area (Å²) in [6.45, 7) is 2.11. The Labute approximate surface area is 139 Å². The van der Waals surface area contributed by atoms with Crippen molar-refractivity contribution in [3.63, 3.8) is 0 Å². The van der Waals surface area contributed by atoms with Gasteiger partial charge in [-0.2, -0.15) is 0 Å². The van der Waals surface area contributed by atoms with E-state index in [0.717, 1.165) is 0 Å². The van der Waals surface area contributed by atoms with E-state index >= 15 is 0 Å². The number of ether oxygens (including phenoxy) is 2. The van der Waals surface area contributed by atoms with Crippen molar-refractivity contribution in [2.45, 2.75) is 13.5 Å². The standard InChI is InChI=1S/C15H18ClN3O4/c1-9-5-10(18-23-9)8-19(2)15(20)17-12-7-13(21-3)11(16)6-14(12)22-4/h5-7H,8H2,1-4H3,(H,17,20). The molecule has 0 atom stereocenters. The van der Waals surface area contributed by atoms with Crippen molar-refractivity contribution < 1.29 is 18.8 Å². The van der Waals surface area contributed by atoms with E-state index in [9.17, 15) is 4.79 Å². The number of benzene rings is 1. The Kier molecular flexibility index (Phi) is 5.33. The molecule has 1 N–H and O–H groups in total. The first kappa shape index (κ1) is 17.0. The molecular weight excluding hydrogens is 322 g/mol. The van der Waals surface area contributed by atoms with Gasteiger partial charge in [0.2, 0.25) is 0 Å². The normalized spacial score (nSPS) is 10.3. The summed E-state index contributed by atoms with van der Waals surface area (Å²) in [7, 11) is 4.65. The van der Waals surface area contributed by atoms with Gasteiger partial charge in [-0.25, -0.2) is 4.79 Å². The molecule has 124 valence electrons. The topological polar surface area (TPSA) is 76.8 Å². The Balaban J connectivity index is 2.12. The van der Waals surface area contributed by atoms with Gasteiger partial charge in [0, 0.05) is 25.2 Å². The van der Waals surface area contributed by atoms with Crippen LogP contribution in [0.1, 0.15) is 11.5 Å². The molecule has 1 heterocycles. The molecule has 0 aliphatic rings. The van der Waals surface area contributed by atoms with E-state index < -0.39 is 0 Å². The summed E-state index contributed by atoms with van der Waals surface area (Å²) in [6.07, 6.45) is 0. The monoisotopic (exact) mass is 339 g/mol. The molecule has 0 radical (unpaired) electrons. The van der Waals surface area contributed by atoms with Gasteiger partial charge in [-0.1, -0.05) is 16.8 Å². The molecule has 0 saturated carbocycles. The van der Waals surface area contributed by atoms with Crippen LogP contribution in [0.2, 0.25) is 5.02 Å². The summed E-state index contributed by atoms with van der Waals surface area (Å²) >= 11 is 6.04. The minimum Gasteiger partial charge on any atom is -0.495 e. The maximum absolute atomic E-state index is 12.3. The smallest absolute Gasteiger partial charge is 0.322 e. The first-order valence-electron chi connectivity index (χ1n) is 6.80. The van der Waals surface area contributed by atoms with Gasteiger partial charge in [0.05, 0.1) is 31.5 Å². The lowest BCUT2D eigenvalue weighted by atomic mass is 10.2. The minimum absolute atomic E-state index is 0.316. The van der Waals surface area contributed by atoms with Crippen molar-refractivity contribution >= 4 is 23.3 Å². The molecular formula is C15H18ClN3O4. The molecule has 8 heteroatoms. The number of carbonyl (C=O) groups is 1. The molecule has 0 saturated heterocycles. The SMILES string of the molecule is COc1cc(NC(=O)N(C)Cc2cc(C)on2)c(OC)cc1Cl. The largest absolute Gasteiger partial charge is 0.495 e. The number of carbonyl (C=O) groups excluding carboxylic acids is 1. The maximum atomic E-state index is 12.3. The number of halogens is 1. The number of nitrogens with one attached hydrogen (secondary N) is 1. The summed E-state index contributed by atoms with van der Waals surface area (Å²) in [4.78, 5) is 13.8. The summed E-state index contributed by atoms with van der Waals surface area (Å²) in [6, 6.07) is 4.63. The van der Waals surface area contributed by atoms with Crippen LogP contribution in [0.3, 0.4) is 0 Å². The second-order valence-corrected chi connectivity index (χ2v) is 5.31. The molecule has 2 rings (SSSR count). The second-order valence-electron chi connectivity index (χ2n) is 4.90. The number of rotatable bonds is 5. The Morgan fingerprint density at radius 1 is 1.30 bits per heavy atom. The van der Waals surface area contributed by atoms with E-state index in [0.29, 0.717) is 40.2 Å². The van der Waals surface area contributed by atoms with E-state index in [4.69, 9.17) is 25.6 Å². The van der Waals surface area contributed by atoms with Gasteiger partial charge in [-0.05, 0) is 6.92 Å². The minimum atomic E-state index is -0.326. The van der Waals surface area contributed by atoms with Crippen LogP contribution < -0.4 is 14.8 Å². The maximum Gasteiger partial charge on any atom is 0.322 e. The van der Waals surface area contributed by atoms with Crippen LogP contribution in [0.15, 0.2) is 22.7 Å². The zero-order chi connectivity index (χ0) is 17.0. The van der Waals surface area contributed by atoms with Crippen molar-refractivity contribution in [1.29, 1.82) is 0 Å². The van der Waals surface area contributed by atoms with Crippen LogP contribution in [0.5, 0.6) is 11.5 Å². The molecule has 2 aromatic rings. The number of hydrogen-bond donors (Lipinski definition) is 1. The van der Waals surface area contributed by atoms with Crippen LogP contribution in [-0.2, 0) is 6.54 Å². The number of urea groups is 1. The van der Waals surface area contributed by atoms with Crippen LogP contribution >= 0.6 is 11.6 Å². The zero-order valence-electron chi connectivity index (χ0n) is 13.3. The molecule has 7 nitrogen and oxygen atoms in total. The van der Waals surface area contributed by atoms with Crippen molar-refractivity contribution in [2.75, 3.05) is 26.6 Å². The molecule has 0 aliphatic heterocycles. The molecule has 1 aromatic heterocycles. The van der Waals surface area contributed by atoms with Gasteiger partial charge < -0.3 is 24.2 Å². The Hall–Kier alpha value is -2.41. The van der Waals surface area contributed by atoms with Crippen molar-refractivity contribution in [3.8, 4) is 11.5 Å². The van der Waals surface area contributed by atoms with E-state index in [1.54, 1.807) is 32.2 Å². The molecule has 2 amide bonds. The molecule has 0 fully saturated rings. The number of methoxy groups -OCH3 is 2. The summed E-state index contributed by atoms with van der Waals surface area (Å²) < 4.78 is 15.4. The highest BCUT2D eigenvalue weighted by Crippen LogP contribution is 2.35. The lowest BCUT2D eigenvalue weighted by Crippen LogP contribution is -2.31. The highest BCUT2D eigenvalue weighted by molar-refractivity contribution is 6.32. The summed E-state index contributed by atoms with van der Waals surface area (Å²) in [5.41, 5.74) is 1.13. The van der Waals surface area contributed by atoms with Gasteiger partial charge in [-0.15, -0.1) is 0 Å². The van der Waals surface area contributed by atoms with Crippen LogP contribution in [0, 0.1) is 6.92 Å². The number of aromatic nitrogens is 1.